The standard InChI is InChI=1S/C24H22N4O3/c1-15-12-17(20(31-2)14-26-15)22(29)28-11-9-24(21(28)16-6-5-10-25-13-16)18-7-3-4-8-19(18)27-23(24)30/h3-8,10,12-14,21H,9,11H2,1-2H3,(H,27,30). The molecular formula is C24H22N4O3. The second-order valence-corrected chi connectivity index (χ2v) is 7.93. The van der Waals surface area contributed by atoms with E-state index < -0.39 is 11.5 Å². The molecule has 2 aliphatic rings. The van der Waals surface area contributed by atoms with Crippen LogP contribution < -0.4 is 10.1 Å². The monoisotopic (exact) mass is 414 g/mol. The van der Waals surface area contributed by atoms with Gasteiger partial charge in [0, 0.05) is 30.3 Å². The maximum absolute atomic E-state index is 13.8. The zero-order valence-electron chi connectivity index (χ0n) is 17.3. The number of amides is 2. The zero-order chi connectivity index (χ0) is 21.6. The third-order valence-corrected chi connectivity index (χ3v) is 6.30. The molecule has 1 fully saturated rings. The van der Waals surface area contributed by atoms with Gasteiger partial charge in [-0.05, 0) is 42.7 Å². The van der Waals surface area contributed by atoms with Crippen LogP contribution in [0.2, 0.25) is 0 Å². The molecule has 0 aliphatic carbocycles. The summed E-state index contributed by atoms with van der Waals surface area (Å²) >= 11 is 0. The summed E-state index contributed by atoms with van der Waals surface area (Å²) in [6.45, 7) is 2.27. The number of methoxy groups -OCH3 is 1. The second kappa shape index (κ2) is 7.19. The van der Waals surface area contributed by atoms with Crippen LogP contribution in [0.25, 0.3) is 0 Å². The maximum Gasteiger partial charge on any atom is 0.258 e. The average Bonchev–Trinajstić information content (AvgIpc) is 3.33. The fraction of sp³-hybridized carbons (Fsp3) is 0.250. The van der Waals surface area contributed by atoms with E-state index in [2.05, 4.69) is 15.3 Å². The molecule has 2 aromatic heterocycles. The smallest absolute Gasteiger partial charge is 0.258 e. The van der Waals surface area contributed by atoms with Crippen LogP contribution in [0.4, 0.5) is 5.69 Å². The molecular weight excluding hydrogens is 392 g/mol. The number of aryl methyl sites for hydroxylation is 1. The largest absolute Gasteiger partial charge is 0.494 e. The number of ether oxygens (including phenoxy) is 1. The summed E-state index contributed by atoms with van der Waals surface area (Å²) in [5.41, 5.74) is 2.83. The van der Waals surface area contributed by atoms with Crippen molar-refractivity contribution < 1.29 is 14.3 Å². The number of para-hydroxylation sites is 1. The van der Waals surface area contributed by atoms with Gasteiger partial charge in [0.2, 0.25) is 5.91 Å². The molecule has 1 N–H and O–H groups in total. The SMILES string of the molecule is COc1cnc(C)cc1C(=O)N1CCC2(C(=O)Nc3ccccc32)C1c1cccnc1. The predicted molar refractivity (Wildman–Crippen MR) is 115 cm³/mol. The first-order valence-corrected chi connectivity index (χ1v) is 10.2. The molecule has 7 heteroatoms. The van der Waals surface area contributed by atoms with Crippen molar-refractivity contribution in [1.82, 2.24) is 14.9 Å². The molecule has 0 radical (unpaired) electrons. The van der Waals surface area contributed by atoms with Crippen LogP contribution in [0, 0.1) is 6.92 Å². The molecule has 4 heterocycles. The highest BCUT2D eigenvalue weighted by Crippen LogP contribution is 2.55. The van der Waals surface area contributed by atoms with Crippen LogP contribution in [0.5, 0.6) is 5.75 Å². The normalized spacial score (nSPS) is 21.8. The number of carbonyl (C=O) groups is 2. The molecule has 0 saturated carbocycles. The highest BCUT2D eigenvalue weighted by molar-refractivity contribution is 6.08. The number of anilines is 1. The van der Waals surface area contributed by atoms with E-state index in [4.69, 9.17) is 4.74 Å². The molecule has 2 atom stereocenters. The second-order valence-electron chi connectivity index (χ2n) is 7.93. The molecule has 7 nitrogen and oxygen atoms in total. The van der Waals surface area contributed by atoms with E-state index in [1.165, 1.54) is 7.11 Å². The summed E-state index contributed by atoms with van der Waals surface area (Å²) < 4.78 is 5.41. The Balaban J connectivity index is 1.67. The van der Waals surface area contributed by atoms with Gasteiger partial charge in [0.05, 0.1) is 24.9 Å². The molecule has 1 aromatic carbocycles. The number of hydrogen-bond acceptors (Lipinski definition) is 5. The van der Waals surface area contributed by atoms with E-state index >= 15 is 0 Å². The van der Waals surface area contributed by atoms with Crippen molar-refractivity contribution in [2.45, 2.75) is 24.8 Å². The molecule has 2 aliphatic heterocycles. The number of fused-ring (bicyclic) bond motifs is 2. The summed E-state index contributed by atoms with van der Waals surface area (Å²) in [6.07, 6.45) is 5.51. The Morgan fingerprint density at radius 1 is 1.23 bits per heavy atom. The summed E-state index contributed by atoms with van der Waals surface area (Å²) in [4.78, 5) is 37.5. The number of nitrogens with zero attached hydrogens (tertiary/aromatic N) is 3. The first kappa shape index (κ1) is 19.2. The van der Waals surface area contributed by atoms with Gasteiger partial charge in [-0.3, -0.25) is 19.6 Å². The van der Waals surface area contributed by atoms with Crippen LogP contribution in [-0.4, -0.2) is 40.3 Å². The van der Waals surface area contributed by atoms with E-state index in [9.17, 15) is 9.59 Å². The Labute approximate surface area is 180 Å². The van der Waals surface area contributed by atoms with E-state index in [-0.39, 0.29) is 11.8 Å². The van der Waals surface area contributed by atoms with Gasteiger partial charge in [0.25, 0.3) is 5.91 Å². The summed E-state index contributed by atoms with van der Waals surface area (Å²) in [5, 5.41) is 3.03. The van der Waals surface area contributed by atoms with Crippen molar-refractivity contribution in [3.63, 3.8) is 0 Å². The van der Waals surface area contributed by atoms with Crippen molar-refractivity contribution in [2.75, 3.05) is 19.0 Å². The lowest BCUT2D eigenvalue weighted by atomic mass is 9.73. The fourth-order valence-corrected chi connectivity index (χ4v) is 4.94. The Morgan fingerprint density at radius 3 is 2.84 bits per heavy atom. The molecule has 1 spiro atoms. The Hall–Kier alpha value is -3.74. The predicted octanol–water partition coefficient (Wildman–Crippen LogP) is 3.27. The van der Waals surface area contributed by atoms with Gasteiger partial charge in [0.15, 0.2) is 0 Å². The van der Waals surface area contributed by atoms with Gasteiger partial charge in [-0.2, -0.15) is 0 Å². The van der Waals surface area contributed by atoms with Gasteiger partial charge in [-0.1, -0.05) is 24.3 Å². The number of aromatic nitrogens is 2. The van der Waals surface area contributed by atoms with Crippen molar-refractivity contribution in [3.8, 4) is 5.75 Å². The Morgan fingerprint density at radius 2 is 2.06 bits per heavy atom. The minimum Gasteiger partial charge on any atom is -0.494 e. The molecule has 156 valence electrons. The van der Waals surface area contributed by atoms with Gasteiger partial charge < -0.3 is 15.0 Å². The Kier molecular flexibility index (Phi) is 4.46. The highest BCUT2D eigenvalue weighted by atomic mass is 16.5. The number of rotatable bonds is 3. The molecule has 0 bridgehead atoms. The summed E-state index contributed by atoms with van der Waals surface area (Å²) in [6, 6.07) is 12.7. The van der Waals surface area contributed by atoms with E-state index in [0.717, 1.165) is 22.5 Å². The molecule has 1 saturated heterocycles. The number of nitrogens with one attached hydrogen (secondary N) is 1. The number of benzene rings is 1. The van der Waals surface area contributed by atoms with Gasteiger partial charge in [0.1, 0.15) is 11.2 Å². The average molecular weight is 414 g/mol. The topological polar surface area (TPSA) is 84.4 Å². The van der Waals surface area contributed by atoms with Crippen molar-refractivity contribution in [3.05, 3.63) is 83.4 Å². The van der Waals surface area contributed by atoms with Crippen LogP contribution in [-0.2, 0) is 10.2 Å². The quantitative estimate of drug-likeness (QED) is 0.711. The minimum absolute atomic E-state index is 0.0873. The summed E-state index contributed by atoms with van der Waals surface area (Å²) in [7, 11) is 1.52. The van der Waals surface area contributed by atoms with E-state index in [1.807, 2.05) is 43.3 Å². The van der Waals surface area contributed by atoms with Crippen molar-refractivity contribution >= 4 is 17.5 Å². The zero-order valence-corrected chi connectivity index (χ0v) is 17.3. The number of pyridine rings is 2. The number of likely N-dealkylation sites (tertiary alicyclic amines) is 1. The van der Waals surface area contributed by atoms with Crippen molar-refractivity contribution in [1.29, 1.82) is 0 Å². The van der Waals surface area contributed by atoms with Gasteiger partial charge in [-0.25, -0.2) is 0 Å². The maximum atomic E-state index is 13.8. The first-order valence-electron chi connectivity index (χ1n) is 10.2. The lowest BCUT2D eigenvalue weighted by molar-refractivity contribution is -0.121. The highest BCUT2D eigenvalue weighted by Gasteiger charge is 2.59. The van der Waals surface area contributed by atoms with Crippen LogP contribution in [0.1, 0.15) is 39.6 Å². The number of carbonyl (C=O) groups excluding carboxylic acids is 2. The van der Waals surface area contributed by atoms with Gasteiger partial charge >= 0.3 is 0 Å². The number of hydrogen-bond donors (Lipinski definition) is 1. The lowest BCUT2D eigenvalue weighted by Gasteiger charge is -2.34. The van der Waals surface area contributed by atoms with E-state index in [1.54, 1.807) is 29.6 Å². The molecule has 5 rings (SSSR count). The van der Waals surface area contributed by atoms with Crippen molar-refractivity contribution in [2.24, 2.45) is 0 Å². The third kappa shape index (κ3) is 2.80. The van der Waals surface area contributed by atoms with Crippen LogP contribution >= 0.6 is 0 Å². The third-order valence-electron chi connectivity index (χ3n) is 6.30. The molecule has 3 aromatic rings. The lowest BCUT2D eigenvalue weighted by Crippen LogP contribution is -2.42. The Bertz CT molecular complexity index is 1180. The molecule has 31 heavy (non-hydrogen) atoms. The summed E-state index contributed by atoms with van der Waals surface area (Å²) in [5.74, 6) is 0.138. The molecule has 2 amide bonds. The fourth-order valence-electron chi connectivity index (χ4n) is 4.94. The van der Waals surface area contributed by atoms with Crippen LogP contribution in [0.3, 0.4) is 0 Å². The van der Waals surface area contributed by atoms with Crippen LogP contribution in [0.15, 0.2) is 61.1 Å². The minimum atomic E-state index is -0.870. The van der Waals surface area contributed by atoms with E-state index in [0.29, 0.717) is 24.3 Å². The van der Waals surface area contributed by atoms with Gasteiger partial charge in [-0.15, -0.1) is 0 Å². The molecule has 2 unspecified atom stereocenters. The first-order chi connectivity index (χ1) is 15.1.